The number of carbonyl (C=O) groups is 2. The predicted molar refractivity (Wildman–Crippen MR) is 77.3 cm³/mol. The van der Waals surface area contributed by atoms with E-state index in [-0.39, 0.29) is 17.7 Å². The molecule has 1 aliphatic carbocycles. The van der Waals surface area contributed by atoms with Crippen LogP contribution in [0.3, 0.4) is 0 Å². The van der Waals surface area contributed by atoms with E-state index in [2.05, 4.69) is 5.32 Å². The molecule has 1 unspecified atom stereocenters. The Kier molecular flexibility index (Phi) is 3.41. The summed E-state index contributed by atoms with van der Waals surface area (Å²) in [5.74, 6) is 0.756. The Hall–Kier alpha value is -2.30. The first-order chi connectivity index (χ1) is 10.1. The van der Waals surface area contributed by atoms with E-state index in [1.54, 1.807) is 30.1 Å². The fourth-order valence-electron chi connectivity index (χ4n) is 2.85. The molecule has 21 heavy (non-hydrogen) atoms. The molecule has 5 heteroatoms. The van der Waals surface area contributed by atoms with E-state index < -0.39 is 0 Å². The van der Waals surface area contributed by atoms with Crippen LogP contribution in [0.25, 0.3) is 0 Å². The number of hydrogen-bond acceptors (Lipinski definition) is 3. The number of rotatable bonds is 3. The maximum absolute atomic E-state index is 12.4. The summed E-state index contributed by atoms with van der Waals surface area (Å²) in [6, 6.07) is 3.54. The molecule has 0 saturated heterocycles. The Morgan fingerprint density at radius 2 is 2.24 bits per heavy atom. The maximum Gasteiger partial charge on any atom is 0.268 e. The third-order valence-electron chi connectivity index (χ3n) is 4.00. The molecule has 1 amide bonds. The van der Waals surface area contributed by atoms with Crippen LogP contribution in [0.4, 0.5) is 0 Å². The first-order valence-corrected chi connectivity index (χ1v) is 7.10. The highest BCUT2D eigenvalue weighted by Gasteiger charge is 2.25. The molecule has 1 aliphatic rings. The average Bonchev–Trinajstić information content (AvgIpc) is 3.05. The summed E-state index contributed by atoms with van der Waals surface area (Å²) in [4.78, 5) is 23.8. The lowest BCUT2D eigenvalue weighted by Crippen LogP contribution is -2.31. The van der Waals surface area contributed by atoms with Crippen molar-refractivity contribution in [2.75, 3.05) is 0 Å². The Labute approximate surface area is 122 Å². The second kappa shape index (κ2) is 5.24. The number of fused-ring (bicyclic) bond motifs is 1. The molecule has 5 nitrogen and oxygen atoms in total. The van der Waals surface area contributed by atoms with E-state index in [0.717, 1.165) is 30.6 Å². The fraction of sp³-hybridized carbons (Fsp3) is 0.375. The third kappa shape index (κ3) is 2.51. The van der Waals surface area contributed by atoms with Crippen LogP contribution in [0.2, 0.25) is 0 Å². The Morgan fingerprint density at radius 3 is 2.95 bits per heavy atom. The first kappa shape index (κ1) is 13.7. The molecular weight excluding hydrogens is 268 g/mol. The smallest absolute Gasteiger partial charge is 0.268 e. The molecule has 2 aromatic heterocycles. The molecule has 0 spiro atoms. The Morgan fingerprint density at radius 1 is 1.43 bits per heavy atom. The average molecular weight is 286 g/mol. The topological polar surface area (TPSA) is 64.2 Å². The summed E-state index contributed by atoms with van der Waals surface area (Å²) in [5.41, 5.74) is 2.11. The van der Waals surface area contributed by atoms with Gasteiger partial charge in [-0.25, -0.2) is 0 Å². The van der Waals surface area contributed by atoms with E-state index in [9.17, 15) is 9.59 Å². The summed E-state index contributed by atoms with van der Waals surface area (Å²) >= 11 is 0. The van der Waals surface area contributed by atoms with Gasteiger partial charge in [0.05, 0.1) is 12.3 Å². The molecule has 2 heterocycles. The molecule has 1 N–H and O–H groups in total. The number of hydrogen-bond donors (Lipinski definition) is 1. The highest BCUT2D eigenvalue weighted by molar-refractivity contribution is 5.99. The molecule has 3 rings (SSSR count). The third-order valence-corrected chi connectivity index (χ3v) is 4.00. The first-order valence-electron chi connectivity index (χ1n) is 7.10. The van der Waals surface area contributed by atoms with Gasteiger partial charge in [0.1, 0.15) is 11.5 Å². The number of aromatic nitrogens is 1. The van der Waals surface area contributed by atoms with Crippen LogP contribution in [0.15, 0.2) is 29.0 Å². The summed E-state index contributed by atoms with van der Waals surface area (Å²) < 4.78 is 7.12. The van der Waals surface area contributed by atoms with Crippen molar-refractivity contribution < 1.29 is 14.0 Å². The van der Waals surface area contributed by atoms with E-state index >= 15 is 0 Å². The molecular formula is C16H18N2O3. The highest BCUT2D eigenvalue weighted by atomic mass is 16.3. The molecule has 0 aliphatic heterocycles. The Balaban J connectivity index is 1.80. The second-order valence-electron chi connectivity index (χ2n) is 5.50. The van der Waals surface area contributed by atoms with Gasteiger partial charge in [-0.05, 0) is 31.9 Å². The monoisotopic (exact) mass is 286 g/mol. The summed E-state index contributed by atoms with van der Waals surface area (Å²) in [6.07, 6.45) is 6.18. The summed E-state index contributed by atoms with van der Waals surface area (Å²) in [7, 11) is 1.77. The minimum atomic E-state index is -0.163. The summed E-state index contributed by atoms with van der Waals surface area (Å²) in [5, 5.41) is 3.04. The van der Waals surface area contributed by atoms with Crippen molar-refractivity contribution >= 4 is 11.7 Å². The molecule has 1 atom stereocenters. The van der Waals surface area contributed by atoms with E-state index in [4.69, 9.17) is 4.42 Å². The number of nitrogens with zero attached hydrogens (tertiary/aromatic N) is 1. The van der Waals surface area contributed by atoms with E-state index in [0.29, 0.717) is 11.3 Å². The van der Waals surface area contributed by atoms with Crippen LogP contribution in [-0.2, 0) is 13.5 Å². The zero-order valence-electron chi connectivity index (χ0n) is 12.2. The standard InChI is InChI=1S/C16H18N2O3/c1-10(19)11-8-14(18(2)9-11)16(20)17-13-4-3-5-15-12(13)6-7-21-15/h6-9,13H,3-5H2,1-2H3,(H,17,20). The van der Waals surface area contributed by atoms with Gasteiger partial charge < -0.3 is 14.3 Å². The van der Waals surface area contributed by atoms with Crippen molar-refractivity contribution in [3.8, 4) is 0 Å². The lowest BCUT2D eigenvalue weighted by molar-refractivity contribution is 0.0923. The van der Waals surface area contributed by atoms with Gasteiger partial charge in [-0.3, -0.25) is 9.59 Å². The van der Waals surface area contributed by atoms with Crippen molar-refractivity contribution in [2.45, 2.75) is 32.2 Å². The molecule has 2 aromatic rings. The van der Waals surface area contributed by atoms with Gasteiger partial charge in [-0.15, -0.1) is 0 Å². The molecule has 0 fully saturated rings. The van der Waals surface area contributed by atoms with Gasteiger partial charge in [0.2, 0.25) is 0 Å². The highest BCUT2D eigenvalue weighted by Crippen LogP contribution is 2.30. The summed E-state index contributed by atoms with van der Waals surface area (Å²) in [6.45, 7) is 1.50. The predicted octanol–water partition coefficient (Wildman–Crippen LogP) is 2.63. The van der Waals surface area contributed by atoms with Gasteiger partial charge in [0.15, 0.2) is 5.78 Å². The van der Waals surface area contributed by atoms with Crippen molar-refractivity contribution in [2.24, 2.45) is 7.05 Å². The number of amides is 1. The normalized spacial score (nSPS) is 17.3. The van der Waals surface area contributed by atoms with Crippen LogP contribution in [0.1, 0.15) is 58.0 Å². The fourth-order valence-corrected chi connectivity index (χ4v) is 2.85. The zero-order chi connectivity index (χ0) is 15.0. The van der Waals surface area contributed by atoms with Crippen molar-refractivity contribution in [3.63, 3.8) is 0 Å². The van der Waals surface area contributed by atoms with Crippen molar-refractivity contribution in [1.29, 1.82) is 0 Å². The minimum Gasteiger partial charge on any atom is -0.469 e. The van der Waals surface area contributed by atoms with Crippen LogP contribution < -0.4 is 5.32 Å². The quantitative estimate of drug-likeness (QED) is 0.882. The number of furan rings is 1. The van der Waals surface area contributed by atoms with Crippen molar-refractivity contribution in [1.82, 2.24) is 9.88 Å². The largest absolute Gasteiger partial charge is 0.469 e. The van der Waals surface area contributed by atoms with Gasteiger partial charge in [0, 0.05) is 30.8 Å². The van der Waals surface area contributed by atoms with Gasteiger partial charge in [-0.1, -0.05) is 0 Å². The van der Waals surface area contributed by atoms with Crippen LogP contribution in [0.5, 0.6) is 0 Å². The van der Waals surface area contributed by atoms with Crippen LogP contribution in [0, 0.1) is 0 Å². The van der Waals surface area contributed by atoms with Gasteiger partial charge >= 0.3 is 0 Å². The lowest BCUT2D eigenvalue weighted by Gasteiger charge is -2.22. The molecule has 110 valence electrons. The molecule has 0 saturated carbocycles. The molecule has 0 aromatic carbocycles. The Bertz CT molecular complexity index is 696. The second-order valence-corrected chi connectivity index (χ2v) is 5.50. The van der Waals surface area contributed by atoms with Gasteiger partial charge in [0.25, 0.3) is 5.91 Å². The number of Topliss-reactive ketones (excluding diaryl/α,β-unsaturated/α-hetero) is 1. The van der Waals surface area contributed by atoms with Crippen LogP contribution >= 0.6 is 0 Å². The van der Waals surface area contributed by atoms with Crippen LogP contribution in [-0.4, -0.2) is 16.3 Å². The van der Waals surface area contributed by atoms with Gasteiger partial charge in [-0.2, -0.15) is 0 Å². The van der Waals surface area contributed by atoms with Crippen molar-refractivity contribution in [3.05, 3.63) is 47.2 Å². The molecule has 0 radical (unpaired) electrons. The number of nitrogens with one attached hydrogen (secondary N) is 1. The maximum atomic E-state index is 12.4. The SMILES string of the molecule is CC(=O)c1cc(C(=O)NC2CCCc3occc32)n(C)c1. The molecule has 0 bridgehead atoms. The van der Waals surface area contributed by atoms with E-state index in [1.165, 1.54) is 6.92 Å². The number of aryl methyl sites for hydroxylation is 2. The zero-order valence-corrected chi connectivity index (χ0v) is 12.2. The van der Waals surface area contributed by atoms with E-state index in [1.807, 2.05) is 6.07 Å². The number of carbonyl (C=O) groups excluding carboxylic acids is 2. The number of ketones is 1. The lowest BCUT2D eigenvalue weighted by atomic mass is 9.93. The minimum absolute atomic E-state index is 0.0179.